The van der Waals surface area contributed by atoms with E-state index in [1.165, 1.54) is 6.33 Å². The average molecular weight is 175 g/mol. The van der Waals surface area contributed by atoms with E-state index < -0.39 is 0 Å². The van der Waals surface area contributed by atoms with Gasteiger partial charge in [0.1, 0.15) is 23.6 Å². The Kier molecular flexibility index (Phi) is 1.10. The molecule has 1 aliphatic heterocycles. The van der Waals surface area contributed by atoms with E-state index in [2.05, 4.69) is 19.9 Å². The molecule has 3 rings (SSSR count). The van der Waals surface area contributed by atoms with Crippen molar-refractivity contribution in [2.45, 2.75) is 6.54 Å². The minimum Gasteiger partial charge on any atom is -0.383 e. The zero-order valence-corrected chi connectivity index (χ0v) is 6.99. The van der Waals surface area contributed by atoms with Crippen LogP contribution in [0, 0.1) is 0 Å². The van der Waals surface area contributed by atoms with Gasteiger partial charge in [-0.1, -0.05) is 0 Å². The zero-order chi connectivity index (χ0) is 8.84. The highest BCUT2D eigenvalue weighted by Gasteiger charge is 2.15. The van der Waals surface area contributed by atoms with Crippen LogP contribution in [0.2, 0.25) is 0 Å². The van der Waals surface area contributed by atoms with Crippen LogP contribution in [-0.2, 0) is 6.54 Å². The standard InChI is InChI=1S/C8H9N5/c9-7-5-3-6-10-1-2-13(6)8(5)12-4-11-7/h3-4,10H,1-2H2,(H2,9,11,12). The second kappa shape index (κ2) is 2.12. The number of hydrogen-bond donors (Lipinski definition) is 2. The maximum atomic E-state index is 5.73. The van der Waals surface area contributed by atoms with Gasteiger partial charge in [0.05, 0.1) is 5.39 Å². The van der Waals surface area contributed by atoms with Crippen LogP contribution in [0.1, 0.15) is 0 Å². The number of anilines is 2. The van der Waals surface area contributed by atoms with Crippen molar-refractivity contribution in [2.75, 3.05) is 17.6 Å². The summed E-state index contributed by atoms with van der Waals surface area (Å²) in [5.41, 5.74) is 6.65. The molecule has 0 saturated heterocycles. The summed E-state index contributed by atoms with van der Waals surface area (Å²) in [6, 6.07) is 2.00. The van der Waals surface area contributed by atoms with Crippen molar-refractivity contribution in [1.29, 1.82) is 0 Å². The van der Waals surface area contributed by atoms with Crippen LogP contribution in [0.4, 0.5) is 11.6 Å². The minimum absolute atomic E-state index is 0.550. The predicted octanol–water partition coefficient (Wildman–Crippen LogP) is 0.439. The van der Waals surface area contributed by atoms with E-state index in [4.69, 9.17) is 5.73 Å². The fourth-order valence-corrected chi connectivity index (χ4v) is 1.75. The van der Waals surface area contributed by atoms with E-state index in [9.17, 15) is 0 Å². The molecule has 0 amide bonds. The smallest absolute Gasteiger partial charge is 0.147 e. The van der Waals surface area contributed by atoms with Crippen LogP contribution in [-0.4, -0.2) is 21.1 Å². The molecular formula is C8H9N5. The van der Waals surface area contributed by atoms with Gasteiger partial charge in [-0.15, -0.1) is 0 Å². The predicted molar refractivity (Wildman–Crippen MR) is 50.4 cm³/mol. The van der Waals surface area contributed by atoms with Gasteiger partial charge in [0.25, 0.3) is 0 Å². The molecule has 2 aromatic heterocycles. The summed E-state index contributed by atoms with van der Waals surface area (Å²) in [5, 5.41) is 4.19. The Balaban J connectivity index is 2.44. The molecule has 66 valence electrons. The first-order valence-electron chi connectivity index (χ1n) is 4.20. The minimum atomic E-state index is 0.550. The molecular weight excluding hydrogens is 166 g/mol. The molecule has 1 aliphatic rings. The normalized spacial score (nSPS) is 14.5. The number of nitrogen functional groups attached to an aromatic ring is 1. The zero-order valence-electron chi connectivity index (χ0n) is 6.99. The summed E-state index contributed by atoms with van der Waals surface area (Å²) in [6.45, 7) is 1.92. The van der Waals surface area contributed by atoms with Crippen molar-refractivity contribution in [3.05, 3.63) is 12.4 Å². The van der Waals surface area contributed by atoms with Crippen LogP contribution in [0.15, 0.2) is 12.4 Å². The average Bonchev–Trinajstić information content (AvgIpc) is 2.65. The number of nitrogens with zero attached hydrogens (tertiary/aromatic N) is 3. The summed E-state index contributed by atoms with van der Waals surface area (Å²) in [6.07, 6.45) is 1.50. The number of fused-ring (bicyclic) bond motifs is 3. The maximum absolute atomic E-state index is 5.73. The first-order chi connectivity index (χ1) is 6.36. The third kappa shape index (κ3) is 0.756. The van der Waals surface area contributed by atoms with Crippen molar-refractivity contribution in [2.24, 2.45) is 0 Å². The molecule has 5 heteroatoms. The van der Waals surface area contributed by atoms with Gasteiger partial charge in [-0.2, -0.15) is 0 Å². The van der Waals surface area contributed by atoms with Crippen molar-refractivity contribution < 1.29 is 0 Å². The molecule has 0 spiro atoms. The monoisotopic (exact) mass is 175 g/mol. The quantitative estimate of drug-likeness (QED) is 0.609. The van der Waals surface area contributed by atoms with Crippen LogP contribution < -0.4 is 11.1 Å². The molecule has 3 heterocycles. The number of aromatic nitrogens is 3. The first-order valence-corrected chi connectivity index (χ1v) is 4.20. The molecule has 0 fully saturated rings. The lowest BCUT2D eigenvalue weighted by Gasteiger charge is -1.97. The lowest BCUT2D eigenvalue weighted by Crippen LogP contribution is -1.98. The molecule has 0 radical (unpaired) electrons. The molecule has 2 aromatic rings. The highest BCUT2D eigenvalue weighted by Crippen LogP contribution is 2.27. The van der Waals surface area contributed by atoms with Crippen LogP contribution in [0.25, 0.3) is 11.0 Å². The Labute approximate surface area is 74.6 Å². The highest BCUT2D eigenvalue weighted by molar-refractivity contribution is 5.90. The van der Waals surface area contributed by atoms with E-state index in [1.54, 1.807) is 0 Å². The van der Waals surface area contributed by atoms with Gasteiger partial charge in [-0.3, -0.25) is 0 Å². The fraction of sp³-hybridized carbons (Fsp3) is 0.250. The lowest BCUT2D eigenvalue weighted by atomic mass is 10.4. The van der Waals surface area contributed by atoms with Crippen molar-refractivity contribution in [1.82, 2.24) is 14.5 Å². The SMILES string of the molecule is Nc1ncnc2c1cc1n2CCN1. The fourth-order valence-electron chi connectivity index (χ4n) is 1.75. The van der Waals surface area contributed by atoms with Gasteiger partial charge in [-0.05, 0) is 6.07 Å². The maximum Gasteiger partial charge on any atom is 0.147 e. The van der Waals surface area contributed by atoms with Crippen LogP contribution in [0.5, 0.6) is 0 Å². The third-order valence-corrected chi connectivity index (χ3v) is 2.36. The third-order valence-electron chi connectivity index (χ3n) is 2.36. The highest BCUT2D eigenvalue weighted by atomic mass is 15.2. The molecule has 0 aliphatic carbocycles. The molecule has 0 bridgehead atoms. The van der Waals surface area contributed by atoms with Crippen LogP contribution in [0.3, 0.4) is 0 Å². The van der Waals surface area contributed by atoms with Gasteiger partial charge < -0.3 is 15.6 Å². The molecule has 5 nitrogen and oxygen atoms in total. The lowest BCUT2D eigenvalue weighted by molar-refractivity contribution is 0.827. The Morgan fingerprint density at radius 2 is 2.38 bits per heavy atom. The van der Waals surface area contributed by atoms with Gasteiger partial charge in [0.15, 0.2) is 0 Å². The van der Waals surface area contributed by atoms with Crippen molar-refractivity contribution >= 4 is 22.7 Å². The van der Waals surface area contributed by atoms with E-state index in [-0.39, 0.29) is 0 Å². The second-order valence-electron chi connectivity index (χ2n) is 3.10. The molecule has 13 heavy (non-hydrogen) atoms. The van der Waals surface area contributed by atoms with E-state index >= 15 is 0 Å². The Morgan fingerprint density at radius 3 is 3.31 bits per heavy atom. The largest absolute Gasteiger partial charge is 0.383 e. The summed E-state index contributed by atoms with van der Waals surface area (Å²) in [5.74, 6) is 1.64. The van der Waals surface area contributed by atoms with Crippen molar-refractivity contribution in [3.63, 3.8) is 0 Å². The van der Waals surface area contributed by atoms with Gasteiger partial charge in [0, 0.05) is 13.1 Å². The number of rotatable bonds is 0. The van der Waals surface area contributed by atoms with Crippen molar-refractivity contribution in [3.8, 4) is 0 Å². The number of hydrogen-bond acceptors (Lipinski definition) is 4. The van der Waals surface area contributed by atoms with Gasteiger partial charge in [0.2, 0.25) is 0 Å². The van der Waals surface area contributed by atoms with E-state index in [0.29, 0.717) is 5.82 Å². The van der Waals surface area contributed by atoms with E-state index in [0.717, 1.165) is 29.9 Å². The molecule has 0 atom stereocenters. The summed E-state index contributed by atoms with van der Waals surface area (Å²) in [4.78, 5) is 8.15. The molecule has 0 aromatic carbocycles. The van der Waals surface area contributed by atoms with Crippen LogP contribution >= 0.6 is 0 Å². The summed E-state index contributed by atoms with van der Waals surface area (Å²) < 4.78 is 2.12. The Bertz CT molecular complexity index is 473. The molecule has 0 unspecified atom stereocenters. The van der Waals surface area contributed by atoms with Gasteiger partial charge in [-0.25, -0.2) is 9.97 Å². The number of nitrogens with one attached hydrogen (secondary N) is 1. The van der Waals surface area contributed by atoms with E-state index in [1.807, 2.05) is 6.07 Å². The first kappa shape index (κ1) is 6.71. The Hall–Kier alpha value is -1.78. The summed E-state index contributed by atoms with van der Waals surface area (Å²) >= 11 is 0. The topological polar surface area (TPSA) is 68.8 Å². The molecule has 0 saturated carbocycles. The molecule has 3 N–H and O–H groups in total. The van der Waals surface area contributed by atoms with Gasteiger partial charge >= 0.3 is 0 Å². The summed E-state index contributed by atoms with van der Waals surface area (Å²) in [7, 11) is 0. The number of nitrogens with two attached hydrogens (primary N) is 1. The second-order valence-corrected chi connectivity index (χ2v) is 3.10. The Morgan fingerprint density at radius 1 is 1.46 bits per heavy atom.